The molecule has 0 spiro atoms. The highest BCUT2D eigenvalue weighted by atomic mass is 15.4. The summed E-state index contributed by atoms with van der Waals surface area (Å²) in [5.41, 5.74) is 1.19. The molecule has 0 saturated heterocycles. The fraction of sp³-hybridized carbons (Fsp3) is 0.385. The molecular formula is C13H18N4. The molecule has 0 unspecified atom stereocenters. The Labute approximate surface area is 102 Å². The first-order valence-electron chi connectivity index (χ1n) is 5.76. The molecule has 2 rings (SSSR count). The summed E-state index contributed by atoms with van der Waals surface area (Å²) in [6.45, 7) is 7.04. The lowest BCUT2D eigenvalue weighted by molar-refractivity contribution is 0.355. The third kappa shape index (κ3) is 3.06. The lowest BCUT2D eigenvalue weighted by Crippen LogP contribution is -2.22. The number of aromatic nitrogens is 3. The van der Waals surface area contributed by atoms with Crippen LogP contribution in [0.2, 0.25) is 0 Å². The summed E-state index contributed by atoms with van der Waals surface area (Å²) >= 11 is 0. The Hall–Kier alpha value is -1.84. The van der Waals surface area contributed by atoms with Gasteiger partial charge in [-0.25, -0.2) is 9.67 Å². The fourth-order valence-corrected chi connectivity index (χ4v) is 1.44. The van der Waals surface area contributed by atoms with Gasteiger partial charge in [-0.1, -0.05) is 30.3 Å². The fourth-order valence-electron chi connectivity index (χ4n) is 1.44. The first kappa shape index (κ1) is 11.6. The Balaban J connectivity index is 1.99. The number of nitrogens with zero attached hydrogens (tertiary/aromatic N) is 3. The maximum Gasteiger partial charge on any atom is 0.242 e. The molecule has 4 heteroatoms. The van der Waals surface area contributed by atoms with Gasteiger partial charge in [0.15, 0.2) is 0 Å². The molecule has 0 atom stereocenters. The molecule has 0 fully saturated rings. The Morgan fingerprint density at radius 2 is 1.88 bits per heavy atom. The van der Waals surface area contributed by atoms with Crippen LogP contribution in [0.5, 0.6) is 0 Å². The van der Waals surface area contributed by atoms with Gasteiger partial charge in [0, 0.05) is 6.54 Å². The molecule has 4 nitrogen and oxygen atoms in total. The van der Waals surface area contributed by atoms with Crippen molar-refractivity contribution in [3.63, 3.8) is 0 Å². The van der Waals surface area contributed by atoms with E-state index in [2.05, 4.69) is 48.3 Å². The van der Waals surface area contributed by atoms with Gasteiger partial charge in [0.2, 0.25) is 5.95 Å². The molecule has 0 amide bonds. The van der Waals surface area contributed by atoms with Crippen molar-refractivity contribution >= 4 is 5.95 Å². The normalized spacial score (nSPS) is 11.5. The van der Waals surface area contributed by atoms with Crippen LogP contribution in [0.15, 0.2) is 36.7 Å². The van der Waals surface area contributed by atoms with Gasteiger partial charge in [0.1, 0.15) is 6.33 Å². The van der Waals surface area contributed by atoms with Crippen LogP contribution in [0.25, 0.3) is 0 Å². The molecule has 0 radical (unpaired) electrons. The highest BCUT2D eigenvalue weighted by Gasteiger charge is 2.14. The zero-order valence-electron chi connectivity index (χ0n) is 10.5. The highest BCUT2D eigenvalue weighted by molar-refractivity contribution is 5.25. The smallest absolute Gasteiger partial charge is 0.242 e. The minimum Gasteiger partial charge on any atom is -0.349 e. The average molecular weight is 230 g/mol. The number of rotatable bonds is 3. The molecule has 1 heterocycles. The van der Waals surface area contributed by atoms with Crippen LogP contribution in [0.1, 0.15) is 26.3 Å². The van der Waals surface area contributed by atoms with Crippen molar-refractivity contribution in [3.8, 4) is 0 Å². The van der Waals surface area contributed by atoms with Crippen LogP contribution >= 0.6 is 0 Å². The molecule has 0 saturated carbocycles. The van der Waals surface area contributed by atoms with Gasteiger partial charge in [-0.3, -0.25) is 0 Å². The van der Waals surface area contributed by atoms with Crippen LogP contribution in [-0.4, -0.2) is 14.8 Å². The van der Waals surface area contributed by atoms with E-state index in [1.165, 1.54) is 5.56 Å². The number of benzene rings is 1. The van der Waals surface area contributed by atoms with Gasteiger partial charge in [-0.15, -0.1) is 5.10 Å². The zero-order valence-corrected chi connectivity index (χ0v) is 10.5. The summed E-state index contributed by atoms with van der Waals surface area (Å²) < 4.78 is 1.86. The van der Waals surface area contributed by atoms with E-state index in [0.29, 0.717) is 5.95 Å². The van der Waals surface area contributed by atoms with Gasteiger partial charge < -0.3 is 5.32 Å². The van der Waals surface area contributed by atoms with Gasteiger partial charge in [-0.05, 0) is 26.3 Å². The standard InChI is InChI=1S/C13H18N4/c1-13(2,3)17-10-15-12(16-17)14-9-11-7-5-4-6-8-11/h4-8,10H,9H2,1-3H3,(H,14,16). The van der Waals surface area contributed by atoms with Crippen molar-refractivity contribution in [2.24, 2.45) is 0 Å². The molecule has 1 N–H and O–H groups in total. The first-order chi connectivity index (χ1) is 8.05. The summed E-state index contributed by atoms with van der Waals surface area (Å²) in [5, 5.41) is 7.60. The molecule has 2 aromatic rings. The molecule has 0 aliphatic carbocycles. The third-order valence-corrected chi connectivity index (χ3v) is 2.47. The third-order valence-electron chi connectivity index (χ3n) is 2.47. The molecule has 0 bridgehead atoms. The van der Waals surface area contributed by atoms with Crippen LogP contribution in [0.3, 0.4) is 0 Å². The van der Waals surface area contributed by atoms with Crippen molar-refractivity contribution < 1.29 is 0 Å². The predicted octanol–water partition coefficient (Wildman–Crippen LogP) is 2.65. The molecular weight excluding hydrogens is 212 g/mol. The van der Waals surface area contributed by atoms with E-state index in [1.54, 1.807) is 6.33 Å². The van der Waals surface area contributed by atoms with Crippen LogP contribution in [0.4, 0.5) is 5.95 Å². The lowest BCUT2D eigenvalue weighted by atomic mass is 10.1. The van der Waals surface area contributed by atoms with E-state index in [9.17, 15) is 0 Å². The SMILES string of the molecule is CC(C)(C)n1cnc(NCc2ccccc2)n1. The van der Waals surface area contributed by atoms with E-state index in [4.69, 9.17) is 0 Å². The lowest BCUT2D eigenvalue weighted by Gasteiger charge is -2.17. The Kier molecular flexibility index (Phi) is 3.13. The van der Waals surface area contributed by atoms with Crippen LogP contribution < -0.4 is 5.32 Å². The Morgan fingerprint density at radius 3 is 2.47 bits per heavy atom. The number of nitrogens with one attached hydrogen (secondary N) is 1. The van der Waals surface area contributed by atoms with Gasteiger partial charge in [-0.2, -0.15) is 0 Å². The second-order valence-corrected chi connectivity index (χ2v) is 5.02. The first-order valence-corrected chi connectivity index (χ1v) is 5.76. The average Bonchev–Trinajstić information content (AvgIpc) is 2.76. The van der Waals surface area contributed by atoms with E-state index in [0.717, 1.165) is 6.54 Å². The molecule has 90 valence electrons. The summed E-state index contributed by atoms with van der Waals surface area (Å²) in [4.78, 5) is 4.24. The number of hydrogen-bond acceptors (Lipinski definition) is 3. The minimum atomic E-state index is -0.0281. The summed E-state index contributed by atoms with van der Waals surface area (Å²) in [6.07, 6.45) is 1.76. The largest absolute Gasteiger partial charge is 0.349 e. The van der Waals surface area contributed by atoms with Crippen molar-refractivity contribution in [1.82, 2.24) is 14.8 Å². The van der Waals surface area contributed by atoms with Crippen molar-refractivity contribution in [2.45, 2.75) is 32.9 Å². The van der Waals surface area contributed by atoms with Gasteiger partial charge in [0.05, 0.1) is 5.54 Å². The molecule has 0 aliphatic rings. The van der Waals surface area contributed by atoms with Crippen molar-refractivity contribution in [1.29, 1.82) is 0 Å². The van der Waals surface area contributed by atoms with Gasteiger partial charge >= 0.3 is 0 Å². The monoisotopic (exact) mass is 230 g/mol. The molecule has 1 aromatic carbocycles. The maximum absolute atomic E-state index is 4.39. The number of hydrogen-bond donors (Lipinski definition) is 1. The summed E-state index contributed by atoms with van der Waals surface area (Å²) in [6, 6.07) is 10.2. The van der Waals surface area contributed by atoms with E-state index in [-0.39, 0.29) is 5.54 Å². The summed E-state index contributed by atoms with van der Waals surface area (Å²) in [5.74, 6) is 0.670. The van der Waals surface area contributed by atoms with Crippen LogP contribution in [-0.2, 0) is 12.1 Å². The second-order valence-electron chi connectivity index (χ2n) is 5.02. The maximum atomic E-state index is 4.39. The summed E-state index contributed by atoms with van der Waals surface area (Å²) in [7, 11) is 0. The quantitative estimate of drug-likeness (QED) is 0.881. The molecule has 17 heavy (non-hydrogen) atoms. The molecule has 1 aromatic heterocycles. The van der Waals surface area contributed by atoms with E-state index < -0.39 is 0 Å². The van der Waals surface area contributed by atoms with Gasteiger partial charge in [0.25, 0.3) is 0 Å². The van der Waals surface area contributed by atoms with Crippen molar-refractivity contribution in [3.05, 3.63) is 42.2 Å². The predicted molar refractivity (Wildman–Crippen MR) is 68.8 cm³/mol. The van der Waals surface area contributed by atoms with E-state index in [1.807, 2.05) is 22.9 Å². The molecule has 0 aliphatic heterocycles. The Bertz CT molecular complexity index is 468. The van der Waals surface area contributed by atoms with E-state index >= 15 is 0 Å². The minimum absolute atomic E-state index is 0.0281. The van der Waals surface area contributed by atoms with Crippen molar-refractivity contribution in [2.75, 3.05) is 5.32 Å². The zero-order chi connectivity index (χ0) is 12.3. The van der Waals surface area contributed by atoms with Crippen LogP contribution in [0, 0.1) is 0 Å². The second kappa shape index (κ2) is 4.57. The number of anilines is 1. The topological polar surface area (TPSA) is 42.7 Å². The Morgan fingerprint density at radius 1 is 1.18 bits per heavy atom. The highest BCUT2D eigenvalue weighted by Crippen LogP contribution is 2.12.